The molecule has 0 aliphatic carbocycles. The molecule has 0 radical (unpaired) electrons. The van der Waals surface area contributed by atoms with Crippen LogP contribution in [0, 0.1) is 0 Å². The first kappa shape index (κ1) is 7.82. The maximum absolute atomic E-state index is 5.23. The lowest BCUT2D eigenvalue weighted by Crippen LogP contribution is -2.20. The van der Waals surface area contributed by atoms with Gasteiger partial charge in [-0.25, -0.2) is 0 Å². The Kier molecular flexibility index (Phi) is 2.96. The average molecular weight is 204 g/mol. The van der Waals surface area contributed by atoms with Crippen LogP contribution in [0.1, 0.15) is 6.92 Å². The molecule has 3 heteroatoms. The quantitative estimate of drug-likeness (QED) is 0.682. The van der Waals surface area contributed by atoms with Crippen molar-refractivity contribution in [3.8, 4) is 0 Å². The molecule has 0 unspecified atom stereocenters. The number of halogens is 1. The first-order chi connectivity index (χ1) is 4.83. The zero-order chi connectivity index (χ0) is 7.40. The van der Waals surface area contributed by atoms with Gasteiger partial charge in [-0.05, 0) is 19.1 Å². The van der Waals surface area contributed by atoms with Crippen LogP contribution in [-0.2, 0) is 4.84 Å². The number of hydroxylamine groups is 2. The van der Waals surface area contributed by atoms with Crippen LogP contribution in [0.4, 0.5) is 0 Å². The first-order valence-corrected chi connectivity index (χ1v) is 4.04. The lowest BCUT2D eigenvalue weighted by molar-refractivity contribution is -0.107. The van der Waals surface area contributed by atoms with Crippen molar-refractivity contribution in [3.63, 3.8) is 0 Å². The fourth-order valence-corrected chi connectivity index (χ4v) is 1.15. The van der Waals surface area contributed by atoms with Gasteiger partial charge >= 0.3 is 0 Å². The summed E-state index contributed by atoms with van der Waals surface area (Å²) >= 11 is 3.39. The monoisotopic (exact) mass is 203 g/mol. The Bertz CT molecular complexity index is 165. The van der Waals surface area contributed by atoms with E-state index in [1.165, 1.54) is 0 Å². The number of allylic oxidation sites excluding steroid dienone is 2. The topological polar surface area (TPSA) is 12.5 Å². The van der Waals surface area contributed by atoms with E-state index in [1.54, 1.807) is 5.06 Å². The average Bonchev–Trinajstić information content (AvgIpc) is 1.88. The number of hydrogen-bond acceptors (Lipinski definition) is 2. The molecular weight excluding hydrogens is 194 g/mol. The zero-order valence-corrected chi connectivity index (χ0v) is 7.47. The summed E-state index contributed by atoms with van der Waals surface area (Å²) in [6, 6.07) is 0. The SMILES string of the molecule is CCON1C=CC=C(Br)C1. The predicted molar refractivity (Wildman–Crippen MR) is 44.5 cm³/mol. The summed E-state index contributed by atoms with van der Waals surface area (Å²) in [5.74, 6) is 0. The molecule has 1 rings (SSSR count). The van der Waals surface area contributed by atoms with Crippen LogP contribution in [0.5, 0.6) is 0 Å². The minimum absolute atomic E-state index is 0.713. The van der Waals surface area contributed by atoms with Gasteiger partial charge in [0.1, 0.15) is 0 Å². The van der Waals surface area contributed by atoms with Crippen molar-refractivity contribution < 1.29 is 4.84 Å². The Morgan fingerprint density at radius 1 is 1.80 bits per heavy atom. The Morgan fingerprint density at radius 3 is 3.20 bits per heavy atom. The first-order valence-electron chi connectivity index (χ1n) is 3.25. The van der Waals surface area contributed by atoms with Crippen LogP contribution in [-0.4, -0.2) is 18.2 Å². The predicted octanol–water partition coefficient (Wildman–Crippen LogP) is 2.05. The van der Waals surface area contributed by atoms with Gasteiger partial charge in [0.15, 0.2) is 0 Å². The molecule has 0 amide bonds. The smallest absolute Gasteiger partial charge is 0.0764 e. The normalized spacial score (nSPS) is 17.4. The van der Waals surface area contributed by atoms with Gasteiger partial charge < -0.3 is 0 Å². The van der Waals surface area contributed by atoms with Gasteiger partial charge in [0.05, 0.1) is 13.2 Å². The summed E-state index contributed by atoms with van der Waals surface area (Å²) in [4.78, 5) is 5.23. The molecule has 0 atom stereocenters. The van der Waals surface area contributed by atoms with Crippen molar-refractivity contribution in [1.82, 2.24) is 5.06 Å². The van der Waals surface area contributed by atoms with E-state index in [-0.39, 0.29) is 0 Å². The third kappa shape index (κ3) is 2.15. The second-order valence-corrected chi connectivity index (χ2v) is 2.97. The van der Waals surface area contributed by atoms with Crippen LogP contribution >= 0.6 is 15.9 Å². The van der Waals surface area contributed by atoms with Crippen LogP contribution in [0.3, 0.4) is 0 Å². The lowest BCUT2D eigenvalue weighted by atomic mass is 10.4. The Labute approximate surface area is 69.2 Å². The van der Waals surface area contributed by atoms with Crippen molar-refractivity contribution in [2.45, 2.75) is 6.92 Å². The van der Waals surface area contributed by atoms with Crippen LogP contribution in [0.2, 0.25) is 0 Å². The van der Waals surface area contributed by atoms with Crippen molar-refractivity contribution in [1.29, 1.82) is 0 Å². The summed E-state index contributed by atoms with van der Waals surface area (Å²) in [5.41, 5.74) is 0. The third-order valence-corrected chi connectivity index (χ3v) is 1.65. The molecular formula is C7H10BrNO. The van der Waals surface area contributed by atoms with Gasteiger partial charge in [-0.3, -0.25) is 9.90 Å². The Balaban J connectivity index is 2.39. The fourth-order valence-electron chi connectivity index (χ4n) is 0.752. The van der Waals surface area contributed by atoms with E-state index in [2.05, 4.69) is 15.9 Å². The molecule has 2 nitrogen and oxygen atoms in total. The minimum Gasteiger partial charge on any atom is -0.274 e. The highest BCUT2D eigenvalue weighted by Crippen LogP contribution is 2.12. The van der Waals surface area contributed by atoms with E-state index in [1.807, 2.05) is 25.3 Å². The van der Waals surface area contributed by atoms with Gasteiger partial charge in [-0.1, -0.05) is 15.9 Å². The van der Waals surface area contributed by atoms with Crippen LogP contribution < -0.4 is 0 Å². The van der Waals surface area contributed by atoms with E-state index in [4.69, 9.17) is 4.84 Å². The molecule has 0 spiro atoms. The molecule has 0 aromatic carbocycles. The maximum Gasteiger partial charge on any atom is 0.0764 e. The molecule has 0 aromatic heterocycles. The van der Waals surface area contributed by atoms with Gasteiger partial charge in [-0.15, -0.1) is 0 Å². The molecule has 0 saturated carbocycles. The Hall–Kier alpha value is -0.280. The summed E-state index contributed by atoms with van der Waals surface area (Å²) in [6.07, 6.45) is 5.87. The maximum atomic E-state index is 5.23. The van der Waals surface area contributed by atoms with Gasteiger partial charge in [0.2, 0.25) is 0 Å². The van der Waals surface area contributed by atoms with Crippen LogP contribution in [0.15, 0.2) is 22.8 Å². The highest BCUT2D eigenvalue weighted by molar-refractivity contribution is 9.11. The standard InChI is InChI=1S/C7H10BrNO/c1-2-10-9-5-3-4-7(8)6-9/h3-5H,2,6H2,1H3. The second kappa shape index (κ2) is 3.78. The molecule has 1 aliphatic heterocycles. The lowest BCUT2D eigenvalue weighted by Gasteiger charge is -2.20. The van der Waals surface area contributed by atoms with Crippen molar-refractivity contribution in [3.05, 3.63) is 22.8 Å². The van der Waals surface area contributed by atoms with E-state index >= 15 is 0 Å². The molecule has 1 heterocycles. The number of nitrogens with zero attached hydrogens (tertiary/aromatic N) is 1. The molecule has 0 N–H and O–H groups in total. The van der Waals surface area contributed by atoms with E-state index in [9.17, 15) is 0 Å². The van der Waals surface area contributed by atoms with E-state index in [0.29, 0.717) is 6.61 Å². The number of hydrogen-bond donors (Lipinski definition) is 0. The van der Waals surface area contributed by atoms with Crippen molar-refractivity contribution in [2.75, 3.05) is 13.2 Å². The second-order valence-electron chi connectivity index (χ2n) is 1.95. The van der Waals surface area contributed by atoms with Crippen LogP contribution in [0.25, 0.3) is 0 Å². The highest BCUT2D eigenvalue weighted by atomic mass is 79.9. The Morgan fingerprint density at radius 2 is 2.60 bits per heavy atom. The van der Waals surface area contributed by atoms with E-state index in [0.717, 1.165) is 11.0 Å². The highest BCUT2D eigenvalue weighted by Gasteiger charge is 2.03. The third-order valence-electron chi connectivity index (χ3n) is 1.13. The molecule has 0 aromatic rings. The number of rotatable bonds is 2. The van der Waals surface area contributed by atoms with Gasteiger partial charge in [0, 0.05) is 10.7 Å². The zero-order valence-electron chi connectivity index (χ0n) is 5.88. The van der Waals surface area contributed by atoms with Crippen molar-refractivity contribution >= 4 is 15.9 Å². The largest absolute Gasteiger partial charge is 0.274 e. The summed E-state index contributed by atoms with van der Waals surface area (Å²) in [7, 11) is 0. The molecule has 1 aliphatic rings. The van der Waals surface area contributed by atoms with Gasteiger partial charge in [-0.2, -0.15) is 0 Å². The minimum atomic E-state index is 0.713. The van der Waals surface area contributed by atoms with E-state index < -0.39 is 0 Å². The summed E-state index contributed by atoms with van der Waals surface area (Å²) in [6.45, 7) is 3.50. The fraction of sp³-hybridized carbons (Fsp3) is 0.429. The van der Waals surface area contributed by atoms with Crippen molar-refractivity contribution in [2.24, 2.45) is 0 Å². The summed E-state index contributed by atoms with van der Waals surface area (Å²) in [5, 5.41) is 1.80. The molecule has 56 valence electrons. The molecule has 0 bridgehead atoms. The van der Waals surface area contributed by atoms with Gasteiger partial charge in [0.25, 0.3) is 0 Å². The molecule has 10 heavy (non-hydrogen) atoms. The summed E-state index contributed by atoms with van der Waals surface area (Å²) < 4.78 is 1.14. The molecule has 0 saturated heterocycles. The molecule has 0 fully saturated rings.